The van der Waals surface area contributed by atoms with Crippen molar-refractivity contribution in [1.29, 1.82) is 0 Å². The van der Waals surface area contributed by atoms with Crippen molar-refractivity contribution in [2.45, 2.75) is 58.5 Å². The standard InChI is InChI=1S/C22H28F2O2/c1-3-5-15-6-8-16(9-7-15)19-12-10-17(14-26-19)18-11-13-20(25-4-2)22(24)21(18)23/h10-16,19H,3-9H2,1-2H3. The summed E-state index contributed by atoms with van der Waals surface area (Å²) in [7, 11) is 0. The smallest absolute Gasteiger partial charge is 0.201 e. The Morgan fingerprint density at radius 2 is 1.85 bits per heavy atom. The molecule has 4 heteroatoms. The van der Waals surface area contributed by atoms with Crippen molar-refractivity contribution in [3.05, 3.63) is 47.7 Å². The van der Waals surface area contributed by atoms with Gasteiger partial charge in [-0.3, -0.25) is 0 Å². The molecule has 0 N–H and O–H groups in total. The number of hydrogen-bond donors (Lipinski definition) is 0. The summed E-state index contributed by atoms with van der Waals surface area (Å²) in [6.07, 6.45) is 12.9. The van der Waals surface area contributed by atoms with Gasteiger partial charge in [-0.05, 0) is 49.8 Å². The van der Waals surface area contributed by atoms with Crippen LogP contribution in [0.5, 0.6) is 5.75 Å². The summed E-state index contributed by atoms with van der Waals surface area (Å²) in [5.74, 6) is -0.532. The Kier molecular flexibility index (Phi) is 6.33. The highest BCUT2D eigenvalue weighted by atomic mass is 19.2. The minimum Gasteiger partial charge on any atom is -0.493 e. The normalized spacial score (nSPS) is 25.5. The van der Waals surface area contributed by atoms with Gasteiger partial charge in [0.25, 0.3) is 0 Å². The van der Waals surface area contributed by atoms with Crippen molar-refractivity contribution in [2.75, 3.05) is 6.61 Å². The van der Waals surface area contributed by atoms with E-state index in [0.717, 1.165) is 5.92 Å². The molecule has 1 aliphatic carbocycles. The van der Waals surface area contributed by atoms with Crippen LogP contribution in [0.4, 0.5) is 8.78 Å². The van der Waals surface area contributed by atoms with E-state index in [9.17, 15) is 8.78 Å². The van der Waals surface area contributed by atoms with Crippen molar-refractivity contribution in [1.82, 2.24) is 0 Å². The zero-order valence-electron chi connectivity index (χ0n) is 15.6. The van der Waals surface area contributed by atoms with E-state index in [1.165, 1.54) is 44.6 Å². The molecule has 2 aliphatic rings. The Morgan fingerprint density at radius 1 is 1.08 bits per heavy atom. The predicted octanol–water partition coefficient (Wildman–Crippen LogP) is 6.27. The quantitative estimate of drug-likeness (QED) is 0.594. The SMILES string of the molecule is CCCC1CCC(C2C=CC(c3ccc(OCC)c(F)c3F)=CO2)CC1. The van der Waals surface area contributed by atoms with Crippen LogP contribution in [0.15, 0.2) is 30.5 Å². The predicted molar refractivity (Wildman–Crippen MR) is 99.9 cm³/mol. The Bertz CT molecular complexity index is 673. The Morgan fingerprint density at radius 3 is 2.46 bits per heavy atom. The molecule has 1 unspecified atom stereocenters. The highest BCUT2D eigenvalue weighted by Gasteiger charge is 2.28. The first kappa shape index (κ1) is 18.9. The highest BCUT2D eigenvalue weighted by Crippen LogP contribution is 2.37. The number of rotatable bonds is 6. The molecule has 1 fully saturated rings. The van der Waals surface area contributed by atoms with Gasteiger partial charge in [0.1, 0.15) is 6.10 Å². The summed E-state index contributed by atoms with van der Waals surface area (Å²) in [5.41, 5.74) is 0.757. The molecule has 0 spiro atoms. The van der Waals surface area contributed by atoms with Gasteiger partial charge < -0.3 is 9.47 Å². The molecular weight excluding hydrogens is 334 g/mol. The van der Waals surface area contributed by atoms with Crippen LogP contribution in [0.25, 0.3) is 5.57 Å². The van der Waals surface area contributed by atoms with Gasteiger partial charge >= 0.3 is 0 Å². The zero-order chi connectivity index (χ0) is 18.5. The lowest BCUT2D eigenvalue weighted by atomic mass is 9.77. The van der Waals surface area contributed by atoms with Crippen molar-refractivity contribution in [3.8, 4) is 5.75 Å². The summed E-state index contributed by atoms with van der Waals surface area (Å²) < 4.78 is 39.4. The van der Waals surface area contributed by atoms with Crippen molar-refractivity contribution >= 4 is 5.57 Å². The van der Waals surface area contributed by atoms with Crippen LogP contribution in [-0.2, 0) is 4.74 Å². The Balaban J connectivity index is 1.64. The number of allylic oxidation sites excluding steroid dienone is 2. The van der Waals surface area contributed by atoms with Crippen molar-refractivity contribution in [3.63, 3.8) is 0 Å². The Hall–Kier alpha value is -1.84. The molecule has 0 amide bonds. The fourth-order valence-corrected chi connectivity index (χ4v) is 4.09. The third-order valence-electron chi connectivity index (χ3n) is 5.53. The molecule has 0 aromatic heterocycles. The first-order chi connectivity index (χ1) is 12.6. The molecule has 0 bridgehead atoms. The fourth-order valence-electron chi connectivity index (χ4n) is 4.09. The van der Waals surface area contributed by atoms with Crippen LogP contribution in [0, 0.1) is 23.5 Å². The zero-order valence-corrected chi connectivity index (χ0v) is 15.6. The third-order valence-corrected chi connectivity index (χ3v) is 5.53. The molecule has 1 heterocycles. The number of ether oxygens (including phenoxy) is 2. The van der Waals surface area contributed by atoms with Gasteiger partial charge in [-0.15, -0.1) is 0 Å². The maximum Gasteiger partial charge on any atom is 0.201 e. The molecule has 0 radical (unpaired) electrons. The lowest BCUT2D eigenvalue weighted by Gasteiger charge is -2.33. The minimum atomic E-state index is -0.949. The highest BCUT2D eigenvalue weighted by molar-refractivity contribution is 5.74. The van der Waals surface area contributed by atoms with E-state index in [0.29, 0.717) is 18.1 Å². The average molecular weight is 362 g/mol. The third kappa shape index (κ3) is 4.11. The van der Waals surface area contributed by atoms with E-state index in [-0.39, 0.29) is 17.4 Å². The monoisotopic (exact) mass is 362 g/mol. The first-order valence-corrected chi connectivity index (χ1v) is 9.79. The van der Waals surface area contributed by atoms with E-state index in [1.54, 1.807) is 19.3 Å². The van der Waals surface area contributed by atoms with Gasteiger partial charge in [-0.25, -0.2) is 4.39 Å². The van der Waals surface area contributed by atoms with Gasteiger partial charge in [0.05, 0.1) is 12.9 Å². The van der Waals surface area contributed by atoms with Crippen LogP contribution >= 0.6 is 0 Å². The molecule has 142 valence electrons. The maximum absolute atomic E-state index is 14.4. The van der Waals surface area contributed by atoms with Crippen molar-refractivity contribution < 1.29 is 18.3 Å². The van der Waals surface area contributed by atoms with Crippen LogP contribution in [0.1, 0.15) is 57.9 Å². The minimum absolute atomic E-state index is 0.0388. The van der Waals surface area contributed by atoms with Crippen LogP contribution in [0.2, 0.25) is 0 Å². The molecule has 0 saturated heterocycles. The van der Waals surface area contributed by atoms with E-state index < -0.39 is 11.6 Å². The van der Waals surface area contributed by atoms with Gasteiger partial charge in [0.15, 0.2) is 11.6 Å². The number of hydrogen-bond acceptors (Lipinski definition) is 2. The van der Waals surface area contributed by atoms with Crippen LogP contribution < -0.4 is 4.74 Å². The van der Waals surface area contributed by atoms with Crippen LogP contribution in [-0.4, -0.2) is 12.7 Å². The molecule has 1 aromatic carbocycles. The molecule has 3 rings (SSSR count). The summed E-state index contributed by atoms with van der Waals surface area (Å²) in [6, 6.07) is 3.01. The fraction of sp³-hybridized carbons (Fsp3) is 0.545. The second-order valence-corrected chi connectivity index (χ2v) is 7.27. The average Bonchev–Trinajstić information content (AvgIpc) is 2.67. The molecule has 1 atom stereocenters. The summed E-state index contributed by atoms with van der Waals surface area (Å²) in [5, 5.41) is 0. The van der Waals surface area contributed by atoms with E-state index in [2.05, 4.69) is 6.92 Å². The summed E-state index contributed by atoms with van der Waals surface area (Å²) in [4.78, 5) is 0. The van der Waals surface area contributed by atoms with E-state index in [1.807, 2.05) is 12.2 Å². The lowest BCUT2D eigenvalue weighted by Crippen LogP contribution is -2.26. The number of halogens is 2. The molecule has 1 aromatic rings. The topological polar surface area (TPSA) is 18.5 Å². The molecule has 26 heavy (non-hydrogen) atoms. The van der Waals surface area contributed by atoms with Gasteiger partial charge in [0, 0.05) is 11.1 Å². The Labute approximate surface area is 154 Å². The number of benzene rings is 1. The first-order valence-electron chi connectivity index (χ1n) is 9.79. The summed E-state index contributed by atoms with van der Waals surface area (Å²) in [6.45, 7) is 4.28. The van der Waals surface area contributed by atoms with Gasteiger partial charge in [-0.1, -0.05) is 38.7 Å². The van der Waals surface area contributed by atoms with Crippen LogP contribution in [0.3, 0.4) is 0 Å². The van der Waals surface area contributed by atoms with Gasteiger partial charge in [-0.2, -0.15) is 4.39 Å². The molecule has 2 nitrogen and oxygen atoms in total. The van der Waals surface area contributed by atoms with E-state index in [4.69, 9.17) is 9.47 Å². The second-order valence-electron chi connectivity index (χ2n) is 7.27. The molecular formula is C22H28F2O2. The summed E-state index contributed by atoms with van der Waals surface area (Å²) >= 11 is 0. The second kappa shape index (κ2) is 8.70. The largest absolute Gasteiger partial charge is 0.493 e. The molecule has 1 aliphatic heterocycles. The molecule has 1 saturated carbocycles. The maximum atomic E-state index is 14.4. The lowest BCUT2D eigenvalue weighted by molar-refractivity contribution is 0.0895. The van der Waals surface area contributed by atoms with E-state index >= 15 is 0 Å². The van der Waals surface area contributed by atoms with Gasteiger partial charge in [0.2, 0.25) is 5.82 Å². The van der Waals surface area contributed by atoms with Crippen molar-refractivity contribution in [2.24, 2.45) is 11.8 Å².